The van der Waals surface area contributed by atoms with Crippen LogP contribution in [0.25, 0.3) is 0 Å². The molecule has 0 bridgehead atoms. The number of nitrogens with one attached hydrogen (secondary N) is 1. The molecule has 2 aromatic heterocycles. The highest BCUT2D eigenvalue weighted by molar-refractivity contribution is 9.10. The molecule has 24 heavy (non-hydrogen) atoms. The Morgan fingerprint density at radius 3 is 2.96 bits per heavy atom. The lowest BCUT2D eigenvalue weighted by molar-refractivity contribution is 0.102. The van der Waals surface area contributed by atoms with Crippen LogP contribution in [0.3, 0.4) is 0 Å². The summed E-state index contributed by atoms with van der Waals surface area (Å²) in [5.41, 5.74) is 1.28. The molecule has 0 spiro atoms. The second-order valence-corrected chi connectivity index (χ2v) is 9.48. The van der Waals surface area contributed by atoms with Gasteiger partial charge in [-0.3, -0.25) is 15.1 Å². The van der Waals surface area contributed by atoms with Crippen molar-refractivity contribution in [2.24, 2.45) is 0 Å². The number of pyridine rings is 1. The first kappa shape index (κ1) is 17.5. The summed E-state index contributed by atoms with van der Waals surface area (Å²) in [6.45, 7) is 2.38. The van der Waals surface area contributed by atoms with Crippen LogP contribution in [0.4, 0.5) is 5.13 Å². The molecule has 128 valence electrons. The van der Waals surface area contributed by atoms with Crippen LogP contribution < -0.4 is 5.32 Å². The SMILES string of the molecule is CCS(=O)(=O)N1CCc2nc(NC(=O)c3cncc(Br)c3)sc2C1. The first-order valence-electron chi connectivity index (χ1n) is 7.27. The number of hydrogen-bond donors (Lipinski definition) is 1. The van der Waals surface area contributed by atoms with Gasteiger partial charge < -0.3 is 0 Å². The van der Waals surface area contributed by atoms with E-state index in [9.17, 15) is 13.2 Å². The summed E-state index contributed by atoms with van der Waals surface area (Å²) >= 11 is 4.59. The van der Waals surface area contributed by atoms with Crippen molar-refractivity contribution in [1.29, 1.82) is 0 Å². The summed E-state index contributed by atoms with van der Waals surface area (Å²) in [4.78, 5) is 21.5. The molecule has 0 atom stereocenters. The average molecular weight is 431 g/mol. The molecule has 1 aliphatic heterocycles. The molecule has 0 aromatic carbocycles. The summed E-state index contributed by atoms with van der Waals surface area (Å²) in [5, 5.41) is 3.22. The third-order valence-corrected chi connectivity index (χ3v) is 6.90. The summed E-state index contributed by atoms with van der Waals surface area (Å²) in [6.07, 6.45) is 3.63. The molecule has 0 aliphatic carbocycles. The van der Waals surface area contributed by atoms with Crippen molar-refractivity contribution in [1.82, 2.24) is 14.3 Å². The standard InChI is InChI=1S/C14H15BrN4O3S2/c1-2-24(21,22)19-4-3-11-12(8-19)23-14(17-11)18-13(20)9-5-10(15)7-16-6-9/h5-7H,2-4,8H2,1H3,(H,17,18,20). The molecular formula is C14H15BrN4O3S2. The molecule has 1 amide bonds. The largest absolute Gasteiger partial charge is 0.298 e. The molecule has 10 heteroatoms. The van der Waals surface area contributed by atoms with Crippen molar-refractivity contribution in [3.63, 3.8) is 0 Å². The maximum absolute atomic E-state index is 12.2. The van der Waals surface area contributed by atoms with Crippen LogP contribution in [0.1, 0.15) is 27.9 Å². The van der Waals surface area contributed by atoms with E-state index in [1.54, 1.807) is 19.2 Å². The molecule has 1 N–H and O–H groups in total. The number of carbonyl (C=O) groups is 1. The molecule has 2 aromatic rings. The number of hydrogen-bond acceptors (Lipinski definition) is 6. The van der Waals surface area contributed by atoms with E-state index < -0.39 is 10.0 Å². The maximum atomic E-state index is 12.2. The van der Waals surface area contributed by atoms with Gasteiger partial charge in [-0.25, -0.2) is 13.4 Å². The first-order chi connectivity index (χ1) is 11.4. The Morgan fingerprint density at radius 2 is 2.25 bits per heavy atom. The highest BCUT2D eigenvalue weighted by Gasteiger charge is 2.28. The van der Waals surface area contributed by atoms with E-state index >= 15 is 0 Å². The Labute approximate surface area is 152 Å². The second-order valence-electron chi connectivity index (χ2n) is 5.22. The van der Waals surface area contributed by atoms with Gasteiger partial charge in [0, 0.05) is 41.3 Å². The van der Waals surface area contributed by atoms with Crippen molar-refractivity contribution >= 4 is 48.3 Å². The number of halogens is 1. The van der Waals surface area contributed by atoms with E-state index in [-0.39, 0.29) is 11.7 Å². The zero-order valence-electron chi connectivity index (χ0n) is 12.8. The Hall–Kier alpha value is -1.36. The molecule has 0 saturated carbocycles. The highest BCUT2D eigenvalue weighted by Crippen LogP contribution is 2.29. The highest BCUT2D eigenvalue weighted by atomic mass is 79.9. The van der Waals surface area contributed by atoms with Crippen LogP contribution in [0.5, 0.6) is 0 Å². The predicted octanol–water partition coefficient (Wildman–Crippen LogP) is 2.26. The molecule has 0 radical (unpaired) electrons. The number of sulfonamides is 1. The zero-order chi connectivity index (χ0) is 17.3. The van der Waals surface area contributed by atoms with Gasteiger partial charge in [-0.1, -0.05) is 0 Å². The van der Waals surface area contributed by atoms with Crippen molar-refractivity contribution in [3.05, 3.63) is 39.1 Å². The number of fused-ring (bicyclic) bond motifs is 1. The van der Waals surface area contributed by atoms with E-state index in [4.69, 9.17) is 0 Å². The summed E-state index contributed by atoms with van der Waals surface area (Å²) in [7, 11) is -3.21. The zero-order valence-corrected chi connectivity index (χ0v) is 16.0. The smallest absolute Gasteiger partial charge is 0.259 e. The average Bonchev–Trinajstić information content (AvgIpc) is 2.96. The summed E-state index contributed by atoms with van der Waals surface area (Å²) < 4.78 is 26.2. The minimum atomic E-state index is -3.21. The van der Waals surface area contributed by atoms with E-state index in [0.29, 0.717) is 34.7 Å². The lowest BCUT2D eigenvalue weighted by Crippen LogP contribution is -2.36. The molecule has 7 nitrogen and oxygen atoms in total. The van der Waals surface area contributed by atoms with Gasteiger partial charge in [-0.2, -0.15) is 4.31 Å². The van der Waals surface area contributed by atoms with Crippen LogP contribution >= 0.6 is 27.3 Å². The van der Waals surface area contributed by atoms with Crippen molar-refractivity contribution in [3.8, 4) is 0 Å². The summed E-state index contributed by atoms with van der Waals surface area (Å²) in [6, 6.07) is 1.67. The number of aromatic nitrogens is 2. The minimum Gasteiger partial charge on any atom is -0.298 e. The van der Waals surface area contributed by atoms with Crippen molar-refractivity contribution < 1.29 is 13.2 Å². The molecule has 3 heterocycles. The Balaban J connectivity index is 1.75. The quantitative estimate of drug-likeness (QED) is 0.802. The number of rotatable bonds is 4. The van der Waals surface area contributed by atoms with Gasteiger partial charge in [0.25, 0.3) is 5.91 Å². The monoisotopic (exact) mass is 430 g/mol. The van der Waals surface area contributed by atoms with Crippen LogP contribution in [-0.4, -0.2) is 40.9 Å². The fourth-order valence-electron chi connectivity index (χ4n) is 2.35. The number of thiazole rings is 1. The van der Waals surface area contributed by atoms with E-state index in [1.807, 2.05) is 0 Å². The van der Waals surface area contributed by atoms with Crippen LogP contribution in [0.2, 0.25) is 0 Å². The van der Waals surface area contributed by atoms with E-state index in [1.165, 1.54) is 21.8 Å². The third kappa shape index (κ3) is 3.66. The van der Waals surface area contributed by atoms with Crippen LogP contribution in [-0.2, 0) is 23.0 Å². The van der Waals surface area contributed by atoms with E-state index in [2.05, 4.69) is 31.2 Å². The van der Waals surface area contributed by atoms with Gasteiger partial charge in [0.1, 0.15) is 0 Å². The topological polar surface area (TPSA) is 92.3 Å². The van der Waals surface area contributed by atoms with Gasteiger partial charge in [0.05, 0.1) is 17.0 Å². The molecule has 1 aliphatic rings. The van der Waals surface area contributed by atoms with Gasteiger partial charge in [-0.15, -0.1) is 11.3 Å². The summed E-state index contributed by atoms with van der Waals surface area (Å²) in [5.74, 6) is -0.214. The molecule has 0 unspecified atom stereocenters. The molecule has 0 saturated heterocycles. The van der Waals surface area contributed by atoms with Crippen molar-refractivity contribution in [2.45, 2.75) is 19.9 Å². The van der Waals surface area contributed by atoms with Crippen LogP contribution in [0, 0.1) is 0 Å². The van der Waals surface area contributed by atoms with Gasteiger partial charge >= 0.3 is 0 Å². The Bertz CT molecular complexity index is 882. The Kier molecular flexibility index (Phi) is 5.00. The number of amides is 1. The molecule has 3 rings (SSSR count). The number of nitrogens with zero attached hydrogens (tertiary/aromatic N) is 3. The maximum Gasteiger partial charge on any atom is 0.259 e. The molecule has 0 fully saturated rings. The van der Waals surface area contributed by atoms with E-state index in [0.717, 1.165) is 10.6 Å². The fraction of sp³-hybridized carbons (Fsp3) is 0.357. The lowest BCUT2D eigenvalue weighted by atomic mass is 10.2. The normalized spacial score (nSPS) is 15.1. The second kappa shape index (κ2) is 6.87. The van der Waals surface area contributed by atoms with Crippen molar-refractivity contribution in [2.75, 3.05) is 17.6 Å². The van der Waals surface area contributed by atoms with Gasteiger partial charge in [0.15, 0.2) is 5.13 Å². The van der Waals surface area contributed by atoms with Gasteiger partial charge in [0.2, 0.25) is 10.0 Å². The predicted molar refractivity (Wildman–Crippen MR) is 95.6 cm³/mol. The minimum absolute atomic E-state index is 0.0839. The fourth-order valence-corrected chi connectivity index (χ4v) is 4.88. The Morgan fingerprint density at radius 1 is 1.46 bits per heavy atom. The third-order valence-electron chi connectivity index (χ3n) is 3.64. The molecular weight excluding hydrogens is 416 g/mol. The van der Waals surface area contributed by atoms with Crippen LogP contribution in [0.15, 0.2) is 22.9 Å². The number of carbonyl (C=O) groups excluding carboxylic acids is 1. The van der Waals surface area contributed by atoms with Gasteiger partial charge in [-0.05, 0) is 28.9 Å². The lowest BCUT2D eigenvalue weighted by Gasteiger charge is -2.24. The first-order valence-corrected chi connectivity index (χ1v) is 10.5. The number of anilines is 1.